The molecule has 0 aliphatic rings. The molecule has 8 heteroatoms. The summed E-state index contributed by atoms with van der Waals surface area (Å²) in [6.07, 6.45) is 0. The topological polar surface area (TPSA) is 68.3 Å². The van der Waals surface area contributed by atoms with Crippen LogP contribution in [0, 0.1) is 6.92 Å². The Morgan fingerprint density at radius 1 is 1.26 bits per heavy atom. The van der Waals surface area contributed by atoms with Crippen molar-refractivity contribution in [2.45, 2.75) is 18.2 Å². The molecule has 0 saturated carbocycles. The number of carbonyl (C=O) groups is 2. The van der Waals surface area contributed by atoms with E-state index in [9.17, 15) is 9.59 Å². The van der Waals surface area contributed by atoms with Crippen LogP contribution in [0.3, 0.4) is 0 Å². The van der Waals surface area contributed by atoms with E-state index in [4.69, 9.17) is 4.74 Å². The summed E-state index contributed by atoms with van der Waals surface area (Å²) < 4.78 is 5.86. The lowest BCUT2D eigenvalue weighted by atomic mass is 10.2. The number of benzene rings is 1. The minimum Gasteiger partial charge on any atom is -0.462 e. The van der Waals surface area contributed by atoms with Crippen molar-refractivity contribution in [3.05, 3.63) is 52.2 Å². The smallest absolute Gasteiger partial charge is 0.348 e. The van der Waals surface area contributed by atoms with Gasteiger partial charge in [-0.05, 0) is 25.5 Å². The number of ether oxygens (including phenoxy) is 1. The first-order valence-electron chi connectivity index (χ1n) is 8.28. The molecule has 0 fully saturated rings. The number of thiazole rings is 1. The van der Waals surface area contributed by atoms with Crippen LogP contribution in [-0.4, -0.2) is 29.2 Å². The molecule has 0 aliphatic heterocycles. The predicted molar refractivity (Wildman–Crippen MR) is 112 cm³/mol. The van der Waals surface area contributed by atoms with Crippen LogP contribution in [0.1, 0.15) is 22.2 Å². The van der Waals surface area contributed by atoms with Gasteiger partial charge in [0.15, 0.2) is 4.34 Å². The second-order valence-corrected chi connectivity index (χ2v) is 8.68. The quantitative estimate of drug-likeness (QED) is 0.428. The van der Waals surface area contributed by atoms with Gasteiger partial charge in [0.25, 0.3) is 0 Å². The largest absolute Gasteiger partial charge is 0.462 e. The molecule has 27 heavy (non-hydrogen) atoms. The third-order valence-electron chi connectivity index (χ3n) is 3.52. The Bertz CT molecular complexity index is 935. The van der Waals surface area contributed by atoms with Crippen LogP contribution >= 0.6 is 34.4 Å². The minimum atomic E-state index is -0.355. The first-order valence-corrected chi connectivity index (χ1v) is 11.0. The Labute approximate surface area is 169 Å². The summed E-state index contributed by atoms with van der Waals surface area (Å²) in [4.78, 5) is 29.2. The van der Waals surface area contributed by atoms with Crippen molar-refractivity contribution in [2.24, 2.45) is 0 Å². The molecule has 140 valence electrons. The van der Waals surface area contributed by atoms with Crippen LogP contribution in [-0.2, 0) is 9.53 Å². The van der Waals surface area contributed by atoms with Gasteiger partial charge in [-0.2, -0.15) is 0 Å². The molecular weight excluding hydrogens is 400 g/mol. The zero-order valence-electron chi connectivity index (χ0n) is 14.9. The van der Waals surface area contributed by atoms with E-state index in [1.165, 1.54) is 34.4 Å². The number of nitrogens with zero attached hydrogens (tertiary/aromatic N) is 1. The number of carbonyl (C=O) groups excluding carboxylic acids is 2. The summed E-state index contributed by atoms with van der Waals surface area (Å²) in [6, 6.07) is 11.7. The number of hydrogen-bond donors (Lipinski definition) is 1. The molecule has 1 aromatic carbocycles. The third-order valence-corrected chi connectivity index (χ3v) is 6.67. The van der Waals surface area contributed by atoms with Crippen LogP contribution in [0.25, 0.3) is 11.3 Å². The Morgan fingerprint density at radius 3 is 2.78 bits per heavy atom. The number of amides is 1. The molecule has 2 heterocycles. The average molecular weight is 419 g/mol. The van der Waals surface area contributed by atoms with Gasteiger partial charge in [0.1, 0.15) is 4.88 Å². The second kappa shape index (κ2) is 9.16. The van der Waals surface area contributed by atoms with E-state index in [1.807, 2.05) is 42.6 Å². The highest BCUT2D eigenvalue weighted by Gasteiger charge is 2.16. The average Bonchev–Trinajstić information content (AvgIpc) is 3.28. The number of hydrogen-bond acceptors (Lipinski definition) is 7. The first kappa shape index (κ1) is 19.6. The molecule has 1 N–H and O–H groups in total. The molecule has 0 unspecified atom stereocenters. The lowest BCUT2D eigenvalue weighted by Gasteiger charge is -2.01. The number of rotatable bonds is 7. The number of anilines is 1. The van der Waals surface area contributed by atoms with Crippen molar-refractivity contribution in [2.75, 3.05) is 17.7 Å². The van der Waals surface area contributed by atoms with E-state index >= 15 is 0 Å². The predicted octanol–water partition coefficient (Wildman–Crippen LogP) is 5.09. The van der Waals surface area contributed by atoms with Gasteiger partial charge in [0, 0.05) is 10.9 Å². The molecule has 0 aliphatic carbocycles. The lowest BCUT2D eigenvalue weighted by Crippen LogP contribution is -2.12. The number of aryl methyl sites for hydroxylation is 1. The van der Waals surface area contributed by atoms with Gasteiger partial charge in [-0.25, -0.2) is 9.78 Å². The van der Waals surface area contributed by atoms with Crippen molar-refractivity contribution in [1.82, 2.24) is 4.98 Å². The maximum absolute atomic E-state index is 12.2. The van der Waals surface area contributed by atoms with Crippen molar-refractivity contribution < 1.29 is 14.3 Å². The Kier molecular flexibility index (Phi) is 6.65. The van der Waals surface area contributed by atoms with Crippen LogP contribution in [0.4, 0.5) is 5.00 Å². The fourth-order valence-corrected chi connectivity index (χ4v) is 4.93. The van der Waals surface area contributed by atoms with Crippen molar-refractivity contribution in [3.8, 4) is 11.3 Å². The van der Waals surface area contributed by atoms with E-state index in [-0.39, 0.29) is 17.6 Å². The SMILES string of the molecule is CCOC(=O)c1sc(NC(=O)CSc2nc(-c3ccccc3)cs2)cc1C. The monoisotopic (exact) mass is 418 g/mol. The normalized spacial score (nSPS) is 10.6. The molecule has 2 aromatic heterocycles. The zero-order valence-corrected chi connectivity index (χ0v) is 17.3. The lowest BCUT2D eigenvalue weighted by molar-refractivity contribution is -0.113. The van der Waals surface area contributed by atoms with E-state index in [1.54, 1.807) is 13.0 Å². The van der Waals surface area contributed by atoms with Gasteiger partial charge in [-0.3, -0.25) is 4.79 Å². The van der Waals surface area contributed by atoms with E-state index in [0.717, 1.165) is 21.2 Å². The molecule has 0 saturated heterocycles. The fraction of sp³-hybridized carbons (Fsp3) is 0.211. The summed E-state index contributed by atoms with van der Waals surface area (Å²) in [5, 5.41) is 5.47. The Balaban J connectivity index is 1.55. The first-order chi connectivity index (χ1) is 13.1. The van der Waals surface area contributed by atoms with Gasteiger partial charge in [-0.1, -0.05) is 42.1 Å². The molecule has 1 amide bonds. The highest BCUT2D eigenvalue weighted by atomic mass is 32.2. The number of thiophene rings is 1. The summed E-state index contributed by atoms with van der Waals surface area (Å²) in [5.74, 6) is -0.229. The molecule has 5 nitrogen and oxygen atoms in total. The number of esters is 1. The van der Waals surface area contributed by atoms with Crippen LogP contribution in [0.2, 0.25) is 0 Å². The van der Waals surface area contributed by atoms with Crippen LogP contribution in [0.5, 0.6) is 0 Å². The van der Waals surface area contributed by atoms with Crippen LogP contribution < -0.4 is 5.32 Å². The fourth-order valence-electron chi connectivity index (χ4n) is 2.31. The van der Waals surface area contributed by atoms with E-state index in [0.29, 0.717) is 16.5 Å². The third kappa shape index (κ3) is 5.18. The van der Waals surface area contributed by atoms with Gasteiger partial charge < -0.3 is 10.1 Å². The maximum atomic E-state index is 12.2. The molecule has 0 spiro atoms. The Hall–Kier alpha value is -2.16. The number of thioether (sulfide) groups is 1. The number of nitrogens with one attached hydrogen (secondary N) is 1. The molecule has 3 aromatic rings. The van der Waals surface area contributed by atoms with Gasteiger partial charge in [0.2, 0.25) is 5.91 Å². The summed E-state index contributed by atoms with van der Waals surface area (Å²) in [7, 11) is 0. The van der Waals surface area contributed by atoms with Crippen LogP contribution in [0.15, 0.2) is 46.1 Å². The van der Waals surface area contributed by atoms with Crippen molar-refractivity contribution >= 4 is 51.3 Å². The van der Waals surface area contributed by atoms with E-state index in [2.05, 4.69) is 10.3 Å². The Morgan fingerprint density at radius 2 is 2.04 bits per heavy atom. The molecule has 3 rings (SSSR count). The van der Waals surface area contributed by atoms with Gasteiger partial charge in [0.05, 0.1) is 23.1 Å². The number of aromatic nitrogens is 1. The van der Waals surface area contributed by atoms with Crippen molar-refractivity contribution in [1.29, 1.82) is 0 Å². The highest BCUT2D eigenvalue weighted by Crippen LogP contribution is 2.30. The molecule has 0 bridgehead atoms. The van der Waals surface area contributed by atoms with Gasteiger partial charge in [-0.15, -0.1) is 22.7 Å². The molecular formula is C19H18N2O3S3. The van der Waals surface area contributed by atoms with Crippen molar-refractivity contribution in [3.63, 3.8) is 0 Å². The summed E-state index contributed by atoms with van der Waals surface area (Å²) >= 11 is 4.15. The summed E-state index contributed by atoms with van der Waals surface area (Å²) in [5.41, 5.74) is 2.77. The zero-order chi connectivity index (χ0) is 19.2. The summed E-state index contributed by atoms with van der Waals surface area (Å²) in [6.45, 7) is 3.92. The molecule has 0 radical (unpaired) electrons. The second-order valence-electron chi connectivity index (χ2n) is 5.54. The highest BCUT2D eigenvalue weighted by molar-refractivity contribution is 8.01. The standard InChI is InChI=1S/C19H18N2O3S3/c1-3-24-18(23)17-12(2)9-16(27-17)21-15(22)11-26-19-20-14(10-25-19)13-7-5-4-6-8-13/h4-10H,3,11H2,1-2H3,(H,21,22). The maximum Gasteiger partial charge on any atom is 0.348 e. The minimum absolute atomic E-state index is 0.131. The van der Waals surface area contributed by atoms with E-state index < -0.39 is 0 Å². The molecule has 0 atom stereocenters. The van der Waals surface area contributed by atoms with Gasteiger partial charge >= 0.3 is 5.97 Å².